The third kappa shape index (κ3) is 6.73. The van der Waals surface area contributed by atoms with E-state index in [1.165, 1.54) is 0 Å². The van der Waals surface area contributed by atoms with Crippen molar-refractivity contribution in [3.8, 4) is 0 Å². The van der Waals surface area contributed by atoms with E-state index in [2.05, 4.69) is 0 Å². The SMILES string of the molecule is O=C(CCCCC(=O)OCC1CCC2OC2C1)OCC1CCC(O)C(O)C1. The molecule has 0 amide bonds. The zero-order valence-corrected chi connectivity index (χ0v) is 15.9. The molecule has 6 unspecified atom stereocenters. The molecule has 6 atom stereocenters. The van der Waals surface area contributed by atoms with Crippen molar-refractivity contribution in [2.75, 3.05) is 13.2 Å². The molecule has 3 fully saturated rings. The average Bonchev–Trinajstić information content (AvgIpc) is 3.43. The van der Waals surface area contributed by atoms with Gasteiger partial charge in [0.25, 0.3) is 0 Å². The third-order valence-electron chi connectivity index (χ3n) is 5.97. The fraction of sp³-hybridized carbons (Fsp3) is 0.900. The number of rotatable bonds is 9. The molecule has 0 spiro atoms. The summed E-state index contributed by atoms with van der Waals surface area (Å²) in [6.45, 7) is 0.771. The molecule has 3 rings (SSSR count). The maximum Gasteiger partial charge on any atom is 0.305 e. The second kappa shape index (κ2) is 9.85. The molecule has 2 aliphatic carbocycles. The maximum atomic E-state index is 11.8. The number of epoxide rings is 1. The molecule has 1 saturated heterocycles. The van der Waals surface area contributed by atoms with Gasteiger partial charge in [-0.25, -0.2) is 0 Å². The first-order chi connectivity index (χ1) is 13.0. The highest BCUT2D eigenvalue weighted by atomic mass is 16.6. The van der Waals surface area contributed by atoms with Crippen molar-refractivity contribution in [2.45, 2.75) is 88.6 Å². The predicted octanol–water partition coefficient (Wildman–Crippen LogP) is 1.72. The average molecular weight is 384 g/mol. The van der Waals surface area contributed by atoms with E-state index in [4.69, 9.17) is 14.2 Å². The Morgan fingerprint density at radius 1 is 0.778 bits per heavy atom. The fourth-order valence-electron chi connectivity index (χ4n) is 4.11. The molecule has 0 aromatic rings. The molecule has 7 heteroatoms. The standard InChI is InChI=1S/C20H32O7/c21-15-7-5-13(9-16(15)22)11-25-19(23)3-1-2-4-20(24)26-12-14-6-8-17-18(10-14)27-17/h13-18,21-22H,1-12H2. The monoisotopic (exact) mass is 384 g/mol. The van der Waals surface area contributed by atoms with Crippen molar-refractivity contribution >= 4 is 11.9 Å². The Hall–Kier alpha value is -1.18. The molecule has 0 radical (unpaired) electrons. The van der Waals surface area contributed by atoms with Gasteiger partial charge in [-0.3, -0.25) is 9.59 Å². The van der Waals surface area contributed by atoms with E-state index in [-0.39, 0.29) is 30.9 Å². The van der Waals surface area contributed by atoms with Crippen LogP contribution in [0.1, 0.15) is 64.2 Å². The second-order valence-corrected chi connectivity index (χ2v) is 8.28. The van der Waals surface area contributed by atoms with Crippen LogP contribution in [-0.4, -0.2) is 59.8 Å². The lowest BCUT2D eigenvalue weighted by atomic mass is 9.86. The van der Waals surface area contributed by atoms with Gasteiger partial charge in [0.1, 0.15) is 0 Å². The van der Waals surface area contributed by atoms with Crippen LogP contribution < -0.4 is 0 Å². The number of carbonyl (C=O) groups excluding carboxylic acids is 2. The van der Waals surface area contributed by atoms with Crippen LogP contribution >= 0.6 is 0 Å². The number of carbonyl (C=O) groups is 2. The van der Waals surface area contributed by atoms with Gasteiger partial charge in [0.15, 0.2) is 0 Å². The Balaban J connectivity index is 1.17. The van der Waals surface area contributed by atoms with Crippen LogP contribution in [0.4, 0.5) is 0 Å². The topological polar surface area (TPSA) is 106 Å². The first-order valence-electron chi connectivity index (χ1n) is 10.3. The lowest BCUT2D eigenvalue weighted by Gasteiger charge is -2.29. The lowest BCUT2D eigenvalue weighted by Crippen LogP contribution is -2.35. The minimum absolute atomic E-state index is 0.110. The largest absolute Gasteiger partial charge is 0.465 e. The van der Waals surface area contributed by atoms with Gasteiger partial charge in [0.2, 0.25) is 0 Å². The molecular formula is C20H32O7. The maximum absolute atomic E-state index is 11.8. The zero-order valence-electron chi connectivity index (χ0n) is 15.9. The smallest absolute Gasteiger partial charge is 0.305 e. The van der Waals surface area contributed by atoms with Crippen molar-refractivity contribution in [3.63, 3.8) is 0 Å². The fourth-order valence-corrected chi connectivity index (χ4v) is 4.11. The van der Waals surface area contributed by atoms with E-state index < -0.39 is 12.2 Å². The number of fused-ring (bicyclic) bond motifs is 1. The molecule has 7 nitrogen and oxygen atoms in total. The minimum atomic E-state index is -0.722. The summed E-state index contributed by atoms with van der Waals surface area (Å²) in [7, 11) is 0. The first kappa shape index (κ1) is 20.6. The van der Waals surface area contributed by atoms with Gasteiger partial charge in [0, 0.05) is 12.8 Å². The number of aliphatic hydroxyl groups excluding tert-OH is 2. The number of esters is 2. The highest BCUT2D eigenvalue weighted by Gasteiger charge is 2.43. The second-order valence-electron chi connectivity index (χ2n) is 8.28. The predicted molar refractivity (Wildman–Crippen MR) is 95.7 cm³/mol. The van der Waals surface area contributed by atoms with Gasteiger partial charge < -0.3 is 24.4 Å². The van der Waals surface area contributed by atoms with Crippen LogP contribution in [0.25, 0.3) is 0 Å². The van der Waals surface area contributed by atoms with Crippen molar-refractivity contribution in [1.82, 2.24) is 0 Å². The quantitative estimate of drug-likeness (QED) is 0.354. The Labute approximate surface area is 160 Å². The third-order valence-corrected chi connectivity index (χ3v) is 5.97. The summed E-state index contributed by atoms with van der Waals surface area (Å²) < 4.78 is 16.1. The van der Waals surface area contributed by atoms with Crippen LogP contribution in [0.5, 0.6) is 0 Å². The highest BCUT2D eigenvalue weighted by Crippen LogP contribution is 2.39. The van der Waals surface area contributed by atoms with E-state index in [1.807, 2.05) is 0 Å². The van der Waals surface area contributed by atoms with Gasteiger partial charge in [0.05, 0.1) is 37.6 Å². The first-order valence-corrected chi connectivity index (χ1v) is 10.3. The summed E-state index contributed by atoms with van der Waals surface area (Å²) in [5.41, 5.74) is 0. The van der Waals surface area contributed by atoms with Crippen molar-refractivity contribution < 1.29 is 34.0 Å². The summed E-state index contributed by atoms with van der Waals surface area (Å²) in [6, 6.07) is 0. The summed E-state index contributed by atoms with van der Waals surface area (Å²) in [5.74, 6) is 0.0626. The van der Waals surface area contributed by atoms with E-state index in [1.54, 1.807) is 0 Å². The normalized spacial score (nSPS) is 35.2. The van der Waals surface area contributed by atoms with Gasteiger partial charge >= 0.3 is 11.9 Å². The molecule has 0 aromatic carbocycles. The van der Waals surface area contributed by atoms with E-state index in [0.29, 0.717) is 56.8 Å². The molecule has 27 heavy (non-hydrogen) atoms. The Bertz CT molecular complexity index is 509. The number of aliphatic hydroxyl groups is 2. The van der Waals surface area contributed by atoms with Crippen LogP contribution in [0.3, 0.4) is 0 Å². The molecule has 2 saturated carbocycles. The van der Waals surface area contributed by atoms with Crippen LogP contribution in [-0.2, 0) is 23.8 Å². The molecule has 0 aromatic heterocycles. The number of unbranched alkanes of at least 4 members (excludes halogenated alkanes) is 1. The highest BCUT2D eigenvalue weighted by molar-refractivity contribution is 5.70. The van der Waals surface area contributed by atoms with Crippen molar-refractivity contribution in [2.24, 2.45) is 11.8 Å². The van der Waals surface area contributed by atoms with Gasteiger partial charge in [-0.15, -0.1) is 0 Å². The van der Waals surface area contributed by atoms with Crippen LogP contribution in [0.2, 0.25) is 0 Å². The molecule has 2 N–H and O–H groups in total. The molecule has 154 valence electrons. The van der Waals surface area contributed by atoms with Crippen molar-refractivity contribution in [1.29, 1.82) is 0 Å². The Kier molecular flexibility index (Phi) is 7.49. The number of ether oxygens (including phenoxy) is 3. The van der Waals surface area contributed by atoms with Crippen LogP contribution in [0, 0.1) is 11.8 Å². The molecular weight excluding hydrogens is 352 g/mol. The van der Waals surface area contributed by atoms with Gasteiger partial charge in [-0.2, -0.15) is 0 Å². The lowest BCUT2D eigenvalue weighted by molar-refractivity contribution is -0.148. The molecule has 1 heterocycles. The minimum Gasteiger partial charge on any atom is -0.465 e. The Morgan fingerprint density at radius 3 is 1.96 bits per heavy atom. The summed E-state index contributed by atoms with van der Waals surface area (Å²) in [6.07, 6.45) is 6.22. The van der Waals surface area contributed by atoms with Gasteiger partial charge in [-0.05, 0) is 63.2 Å². The van der Waals surface area contributed by atoms with E-state index in [9.17, 15) is 19.8 Å². The zero-order chi connectivity index (χ0) is 19.2. The van der Waals surface area contributed by atoms with E-state index in [0.717, 1.165) is 25.7 Å². The molecule has 0 bridgehead atoms. The van der Waals surface area contributed by atoms with E-state index >= 15 is 0 Å². The molecule has 3 aliphatic rings. The van der Waals surface area contributed by atoms with Gasteiger partial charge in [-0.1, -0.05) is 0 Å². The summed E-state index contributed by atoms with van der Waals surface area (Å²) >= 11 is 0. The number of hydrogen-bond acceptors (Lipinski definition) is 7. The van der Waals surface area contributed by atoms with Crippen molar-refractivity contribution in [3.05, 3.63) is 0 Å². The number of hydrogen-bond donors (Lipinski definition) is 2. The molecule has 1 aliphatic heterocycles. The Morgan fingerprint density at radius 2 is 1.37 bits per heavy atom. The van der Waals surface area contributed by atoms with Crippen LogP contribution in [0.15, 0.2) is 0 Å². The summed E-state index contributed by atoms with van der Waals surface area (Å²) in [4.78, 5) is 23.6. The summed E-state index contributed by atoms with van der Waals surface area (Å²) in [5, 5.41) is 19.1.